The van der Waals surface area contributed by atoms with Gasteiger partial charge in [-0.15, -0.1) is 0 Å². The average Bonchev–Trinajstić information content (AvgIpc) is 3.59. The minimum absolute atomic E-state index is 0.0346. The number of pyridine rings is 2. The maximum absolute atomic E-state index is 13.3. The summed E-state index contributed by atoms with van der Waals surface area (Å²) in [5.41, 5.74) is -0.841. The molecule has 0 aromatic carbocycles. The van der Waals surface area contributed by atoms with E-state index < -0.39 is 42.2 Å². The van der Waals surface area contributed by atoms with Crippen molar-refractivity contribution in [3.63, 3.8) is 0 Å². The van der Waals surface area contributed by atoms with Crippen LogP contribution in [0.15, 0.2) is 36.5 Å². The fourth-order valence-corrected chi connectivity index (χ4v) is 3.71. The molecule has 0 atom stereocenters. The highest BCUT2D eigenvalue weighted by Crippen LogP contribution is 2.49. The summed E-state index contributed by atoms with van der Waals surface area (Å²) in [4.78, 5) is 24.0. The zero-order chi connectivity index (χ0) is 24.8. The quantitative estimate of drug-likeness (QED) is 0.364. The van der Waals surface area contributed by atoms with Crippen LogP contribution in [0.4, 0.5) is 39.5 Å². The van der Waals surface area contributed by atoms with Gasteiger partial charge in [-0.3, -0.25) is 4.98 Å². The Morgan fingerprint density at radius 2 is 1.74 bits per heavy atom. The molecule has 0 bridgehead atoms. The summed E-state index contributed by atoms with van der Waals surface area (Å²) in [6.45, 7) is 7.41. The molecule has 8 nitrogen and oxygen atoms in total. The van der Waals surface area contributed by atoms with Crippen molar-refractivity contribution in [2.24, 2.45) is 0 Å². The molecule has 2 aliphatic carbocycles. The van der Waals surface area contributed by atoms with Gasteiger partial charge in [0.15, 0.2) is 5.82 Å². The van der Waals surface area contributed by atoms with E-state index in [2.05, 4.69) is 40.4 Å². The van der Waals surface area contributed by atoms with Gasteiger partial charge in [0.25, 0.3) is 11.5 Å². The van der Waals surface area contributed by atoms with Crippen molar-refractivity contribution >= 4 is 17.6 Å². The number of hydrogen-bond donors (Lipinski definition) is 2. The highest BCUT2D eigenvalue weighted by atomic mass is 19.4. The number of rotatable bonds is 6. The highest BCUT2D eigenvalue weighted by molar-refractivity contribution is 5.59. The van der Waals surface area contributed by atoms with Crippen molar-refractivity contribution < 1.29 is 22.0 Å². The van der Waals surface area contributed by atoms with Gasteiger partial charge >= 0.3 is 6.18 Å². The molecule has 0 spiro atoms. The standard InChI is InChI=1S/C22H17F5N8/c1-28-20(6-7-20)16-9-12(5-8-29-16)30-18-33-17(14-3-2-4-15(32-14)22(25,26)27)34-19(35-18)31-13-10-21(23,24)11-13/h2-5,8-9,13H,6-7,10-11H2,(H2,29,30,31,33,34,35). The minimum Gasteiger partial charge on any atom is -0.351 e. The molecule has 0 unspecified atom stereocenters. The first-order chi connectivity index (χ1) is 16.6. The third-order valence-electron chi connectivity index (χ3n) is 5.76. The molecule has 13 heteroatoms. The van der Waals surface area contributed by atoms with Crippen LogP contribution in [-0.4, -0.2) is 36.9 Å². The Balaban J connectivity index is 1.48. The molecule has 3 aromatic heterocycles. The molecule has 2 aliphatic rings. The second kappa shape index (κ2) is 8.07. The zero-order valence-corrected chi connectivity index (χ0v) is 17.9. The topological polar surface area (TPSA) is 92.9 Å². The van der Waals surface area contributed by atoms with Crippen molar-refractivity contribution in [1.29, 1.82) is 0 Å². The monoisotopic (exact) mass is 488 g/mol. The lowest BCUT2D eigenvalue weighted by atomic mass is 9.88. The third kappa shape index (κ3) is 4.82. The normalized spacial score (nSPS) is 18.3. The van der Waals surface area contributed by atoms with Crippen LogP contribution in [0.1, 0.15) is 37.1 Å². The maximum atomic E-state index is 13.3. The van der Waals surface area contributed by atoms with Crippen molar-refractivity contribution in [2.75, 3.05) is 10.6 Å². The van der Waals surface area contributed by atoms with Crippen molar-refractivity contribution in [3.05, 3.63) is 59.3 Å². The van der Waals surface area contributed by atoms with Crippen LogP contribution in [0.5, 0.6) is 0 Å². The molecule has 3 heterocycles. The molecule has 2 N–H and O–H groups in total. The Kier molecular flexibility index (Phi) is 5.26. The highest BCUT2D eigenvalue weighted by Gasteiger charge is 2.54. The van der Waals surface area contributed by atoms with Gasteiger partial charge in [-0.05, 0) is 24.3 Å². The predicted octanol–water partition coefficient (Wildman–Crippen LogP) is 5.21. The summed E-state index contributed by atoms with van der Waals surface area (Å²) < 4.78 is 66.0. The first kappa shape index (κ1) is 22.8. The molecule has 35 heavy (non-hydrogen) atoms. The van der Waals surface area contributed by atoms with Gasteiger partial charge in [-0.1, -0.05) is 6.07 Å². The van der Waals surface area contributed by atoms with E-state index in [-0.39, 0.29) is 23.4 Å². The molecule has 5 rings (SSSR count). The number of anilines is 3. The van der Waals surface area contributed by atoms with Gasteiger partial charge in [0.2, 0.25) is 11.9 Å². The fourth-order valence-electron chi connectivity index (χ4n) is 3.71. The molecule has 0 aliphatic heterocycles. The summed E-state index contributed by atoms with van der Waals surface area (Å²) in [5, 5.41) is 5.73. The Hall–Kier alpha value is -3.95. The lowest BCUT2D eigenvalue weighted by molar-refractivity contribution is -0.141. The molecule has 180 valence electrons. The van der Waals surface area contributed by atoms with E-state index in [0.29, 0.717) is 24.2 Å². The van der Waals surface area contributed by atoms with Crippen LogP contribution in [0, 0.1) is 6.57 Å². The van der Waals surface area contributed by atoms with Crippen LogP contribution < -0.4 is 10.6 Å². The Morgan fingerprint density at radius 3 is 2.40 bits per heavy atom. The second-order valence-corrected chi connectivity index (χ2v) is 8.52. The van der Waals surface area contributed by atoms with E-state index in [0.717, 1.165) is 6.07 Å². The lowest BCUT2D eigenvalue weighted by Crippen LogP contribution is -2.44. The van der Waals surface area contributed by atoms with Gasteiger partial charge in [-0.25, -0.2) is 20.3 Å². The van der Waals surface area contributed by atoms with Crippen LogP contribution in [0.25, 0.3) is 16.4 Å². The van der Waals surface area contributed by atoms with Gasteiger partial charge in [-0.2, -0.15) is 28.1 Å². The Morgan fingerprint density at radius 1 is 1.00 bits per heavy atom. The van der Waals surface area contributed by atoms with Crippen LogP contribution in [0.3, 0.4) is 0 Å². The van der Waals surface area contributed by atoms with E-state index >= 15 is 0 Å². The molecule has 2 saturated carbocycles. The largest absolute Gasteiger partial charge is 0.433 e. The van der Waals surface area contributed by atoms with Gasteiger partial charge in [0.05, 0.1) is 0 Å². The molecule has 0 radical (unpaired) electrons. The van der Waals surface area contributed by atoms with E-state index in [1.165, 1.54) is 18.3 Å². The van der Waals surface area contributed by atoms with Gasteiger partial charge < -0.3 is 15.5 Å². The van der Waals surface area contributed by atoms with E-state index in [1.54, 1.807) is 12.1 Å². The lowest BCUT2D eigenvalue weighted by Gasteiger charge is -2.35. The SMILES string of the molecule is [C-]#[N+]C1(c2cc(Nc3nc(NC4CC(F)(F)C4)nc(-c4cccc(C(F)(F)F)n4)n3)ccn2)CC1. The first-order valence-electron chi connectivity index (χ1n) is 10.6. The molecule has 2 fully saturated rings. The van der Waals surface area contributed by atoms with Crippen molar-refractivity contribution in [2.45, 2.75) is 49.4 Å². The van der Waals surface area contributed by atoms with E-state index in [4.69, 9.17) is 6.57 Å². The van der Waals surface area contributed by atoms with Crippen molar-refractivity contribution in [1.82, 2.24) is 24.9 Å². The summed E-state index contributed by atoms with van der Waals surface area (Å²) in [7, 11) is 0. The molecular formula is C22H17F5N8. The summed E-state index contributed by atoms with van der Waals surface area (Å²) in [5.74, 6) is -3.07. The fraction of sp³-hybridized carbons (Fsp3) is 0.364. The summed E-state index contributed by atoms with van der Waals surface area (Å²) in [6, 6.07) is 6.01. The number of hydrogen-bond acceptors (Lipinski definition) is 7. The predicted molar refractivity (Wildman–Crippen MR) is 115 cm³/mol. The summed E-state index contributed by atoms with van der Waals surface area (Å²) in [6.07, 6.45) is -2.57. The Bertz CT molecular complexity index is 1310. The maximum Gasteiger partial charge on any atom is 0.433 e. The van der Waals surface area contributed by atoms with Gasteiger partial charge in [0, 0.05) is 43.6 Å². The van der Waals surface area contributed by atoms with Gasteiger partial charge in [0.1, 0.15) is 17.1 Å². The van der Waals surface area contributed by atoms with Crippen LogP contribution >= 0.6 is 0 Å². The number of alkyl halides is 5. The number of nitrogens with one attached hydrogen (secondary N) is 2. The third-order valence-corrected chi connectivity index (χ3v) is 5.76. The number of aromatic nitrogens is 5. The molecular weight excluding hydrogens is 471 g/mol. The van der Waals surface area contributed by atoms with Crippen LogP contribution in [-0.2, 0) is 11.7 Å². The molecule has 0 amide bonds. The smallest absolute Gasteiger partial charge is 0.351 e. The summed E-state index contributed by atoms with van der Waals surface area (Å²) >= 11 is 0. The molecule has 3 aromatic rings. The van der Waals surface area contributed by atoms with E-state index in [1.807, 2.05) is 0 Å². The number of halogens is 5. The zero-order valence-electron chi connectivity index (χ0n) is 17.9. The van der Waals surface area contributed by atoms with Crippen molar-refractivity contribution in [3.8, 4) is 11.5 Å². The Labute approximate surface area is 195 Å². The van der Waals surface area contributed by atoms with Crippen LogP contribution in [0.2, 0.25) is 0 Å². The molecule has 0 saturated heterocycles. The van der Waals surface area contributed by atoms with E-state index in [9.17, 15) is 22.0 Å². The number of nitrogens with zero attached hydrogens (tertiary/aromatic N) is 6. The average molecular weight is 488 g/mol. The second-order valence-electron chi connectivity index (χ2n) is 8.52. The first-order valence-corrected chi connectivity index (χ1v) is 10.6. The minimum atomic E-state index is -4.67.